The van der Waals surface area contributed by atoms with Crippen molar-refractivity contribution in [3.63, 3.8) is 0 Å². The Morgan fingerprint density at radius 1 is 1.31 bits per heavy atom. The van der Waals surface area contributed by atoms with Crippen molar-refractivity contribution in [3.05, 3.63) is 11.8 Å². The molecule has 1 N–H and O–H groups in total. The minimum absolute atomic E-state index is 0.271. The minimum Gasteiger partial charge on any atom is -0.387 e. The third-order valence-corrected chi connectivity index (χ3v) is 3.61. The summed E-state index contributed by atoms with van der Waals surface area (Å²) >= 11 is 0. The van der Waals surface area contributed by atoms with Crippen LogP contribution >= 0.6 is 0 Å². The summed E-state index contributed by atoms with van der Waals surface area (Å²) in [6.07, 6.45) is 7.43. The summed E-state index contributed by atoms with van der Waals surface area (Å²) < 4.78 is 0. The van der Waals surface area contributed by atoms with Crippen molar-refractivity contribution in [3.8, 4) is 0 Å². The lowest BCUT2D eigenvalue weighted by molar-refractivity contribution is -0.114. The zero-order valence-electron chi connectivity index (χ0n) is 10.2. The molecule has 0 spiro atoms. The number of nitrogens with one attached hydrogen (secondary N) is 1. The molecular weight excluding hydrogens is 200 g/mol. The van der Waals surface area contributed by atoms with Gasteiger partial charge >= 0.3 is 0 Å². The summed E-state index contributed by atoms with van der Waals surface area (Å²) in [5.74, 6) is 0.271. The zero-order valence-corrected chi connectivity index (χ0v) is 10.2. The number of carbonyl (C=O) groups is 1. The molecule has 0 aromatic rings. The van der Waals surface area contributed by atoms with Gasteiger partial charge in [0.2, 0.25) is 0 Å². The third kappa shape index (κ3) is 3.08. The summed E-state index contributed by atoms with van der Waals surface area (Å²) in [4.78, 5) is 13.6. The van der Waals surface area contributed by atoms with E-state index in [1.165, 1.54) is 32.4 Å². The summed E-state index contributed by atoms with van der Waals surface area (Å²) in [5, 5.41) is 3.41. The number of nitrogens with zero attached hydrogens (tertiary/aromatic N) is 1. The largest absolute Gasteiger partial charge is 0.387 e. The molecular formula is C13H22N2O. The van der Waals surface area contributed by atoms with Gasteiger partial charge in [-0.15, -0.1) is 0 Å². The van der Waals surface area contributed by atoms with Gasteiger partial charge < -0.3 is 5.32 Å². The van der Waals surface area contributed by atoms with E-state index in [1.807, 2.05) is 0 Å². The fourth-order valence-electron chi connectivity index (χ4n) is 2.50. The number of hydrogen-bond donors (Lipinski definition) is 1. The highest BCUT2D eigenvalue weighted by molar-refractivity contribution is 5.92. The second-order valence-corrected chi connectivity index (χ2v) is 4.96. The van der Waals surface area contributed by atoms with Crippen LogP contribution in [0, 0.1) is 0 Å². The number of hydrogen-bond acceptors (Lipinski definition) is 3. The molecule has 0 radical (unpaired) electrons. The van der Waals surface area contributed by atoms with Gasteiger partial charge in [0.05, 0.1) is 0 Å². The summed E-state index contributed by atoms with van der Waals surface area (Å²) in [6, 6.07) is 0.580. The maximum absolute atomic E-state index is 11.1. The smallest absolute Gasteiger partial charge is 0.157 e. The first-order valence-electron chi connectivity index (χ1n) is 6.47. The molecule has 3 heteroatoms. The van der Waals surface area contributed by atoms with E-state index in [9.17, 15) is 4.79 Å². The molecule has 1 heterocycles. The standard InChI is InChI=1S/C13H22N2O/c1-11(15-7-3-2-4-8-15)10-14-12-5-6-13(16)9-12/h9,11,14H,2-8,10H2,1H3. The van der Waals surface area contributed by atoms with Gasteiger partial charge in [-0.3, -0.25) is 9.69 Å². The van der Waals surface area contributed by atoms with E-state index < -0.39 is 0 Å². The summed E-state index contributed by atoms with van der Waals surface area (Å²) in [7, 11) is 0. The van der Waals surface area contributed by atoms with Gasteiger partial charge in [-0.2, -0.15) is 0 Å². The van der Waals surface area contributed by atoms with Crippen molar-refractivity contribution in [2.24, 2.45) is 0 Å². The molecule has 0 aromatic heterocycles. The van der Waals surface area contributed by atoms with Gasteiger partial charge in [0.1, 0.15) is 0 Å². The van der Waals surface area contributed by atoms with Gasteiger partial charge in [-0.05, 0) is 39.3 Å². The highest BCUT2D eigenvalue weighted by Gasteiger charge is 2.17. The fourth-order valence-corrected chi connectivity index (χ4v) is 2.50. The molecule has 0 saturated carbocycles. The Morgan fingerprint density at radius 3 is 2.69 bits per heavy atom. The maximum Gasteiger partial charge on any atom is 0.157 e. The van der Waals surface area contributed by atoms with Crippen LogP contribution in [0.3, 0.4) is 0 Å². The average molecular weight is 222 g/mol. The van der Waals surface area contributed by atoms with Crippen LogP contribution in [0.1, 0.15) is 39.0 Å². The van der Waals surface area contributed by atoms with Crippen LogP contribution in [-0.2, 0) is 4.79 Å². The second-order valence-electron chi connectivity index (χ2n) is 4.96. The van der Waals surface area contributed by atoms with E-state index in [1.54, 1.807) is 6.08 Å². The van der Waals surface area contributed by atoms with E-state index in [4.69, 9.17) is 0 Å². The molecule has 90 valence electrons. The first-order valence-corrected chi connectivity index (χ1v) is 6.47. The Kier molecular flexibility index (Phi) is 3.99. The molecule has 1 saturated heterocycles. The van der Waals surface area contributed by atoms with E-state index in [0.29, 0.717) is 12.5 Å². The Morgan fingerprint density at radius 2 is 2.06 bits per heavy atom. The maximum atomic E-state index is 11.1. The molecule has 1 fully saturated rings. The van der Waals surface area contributed by atoms with Gasteiger partial charge in [-0.25, -0.2) is 0 Å². The van der Waals surface area contributed by atoms with Crippen LogP contribution in [0.4, 0.5) is 0 Å². The van der Waals surface area contributed by atoms with Crippen molar-refractivity contribution in [1.82, 2.24) is 10.2 Å². The normalized spacial score (nSPS) is 24.3. The minimum atomic E-state index is 0.271. The lowest BCUT2D eigenvalue weighted by Crippen LogP contribution is -2.42. The van der Waals surface area contributed by atoms with Crippen LogP contribution in [0.2, 0.25) is 0 Å². The van der Waals surface area contributed by atoms with Crippen molar-refractivity contribution in [2.75, 3.05) is 19.6 Å². The van der Waals surface area contributed by atoms with Gasteiger partial charge in [-0.1, -0.05) is 6.42 Å². The van der Waals surface area contributed by atoms with Crippen molar-refractivity contribution >= 4 is 5.78 Å². The molecule has 16 heavy (non-hydrogen) atoms. The Labute approximate surface area is 97.9 Å². The third-order valence-electron chi connectivity index (χ3n) is 3.61. The van der Waals surface area contributed by atoms with Crippen molar-refractivity contribution in [2.45, 2.75) is 45.1 Å². The molecule has 0 aromatic carbocycles. The molecule has 1 aliphatic carbocycles. The lowest BCUT2D eigenvalue weighted by Gasteiger charge is -2.32. The van der Waals surface area contributed by atoms with Crippen LogP contribution in [0.5, 0.6) is 0 Å². The Hall–Kier alpha value is -0.830. The van der Waals surface area contributed by atoms with Crippen LogP contribution in [0.15, 0.2) is 11.8 Å². The average Bonchev–Trinajstić information content (AvgIpc) is 2.73. The zero-order chi connectivity index (χ0) is 11.4. The molecule has 0 bridgehead atoms. The lowest BCUT2D eigenvalue weighted by atomic mass is 10.1. The highest BCUT2D eigenvalue weighted by Crippen LogP contribution is 2.14. The SMILES string of the molecule is CC(CNC1=CC(=O)CC1)N1CCCCC1. The van der Waals surface area contributed by atoms with Gasteiger partial charge in [0, 0.05) is 30.8 Å². The summed E-state index contributed by atoms with van der Waals surface area (Å²) in [5.41, 5.74) is 1.13. The molecule has 1 unspecified atom stereocenters. The predicted molar refractivity (Wildman–Crippen MR) is 65.2 cm³/mol. The van der Waals surface area contributed by atoms with Crippen LogP contribution in [-0.4, -0.2) is 36.4 Å². The predicted octanol–water partition coefficient (Wildman–Crippen LogP) is 1.70. The quantitative estimate of drug-likeness (QED) is 0.785. The number of likely N-dealkylation sites (tertiary alicyclic amines) is 1. The number of allylic oxidation sites excluding steroid dienone is 2. The molecule has 2 rings (SSSR count). The van der Waals surface area contributed by atoms with Gasteiger partial charge in [0.25, 0.3) is 0 Å². The fraction of sp³-hybridized carbons (Fsp3) is 0.769. The monoisotopic (exact) mass is 222 g/mol. The van der Waals surface area contributed by atoms with E-state index in [-0.39, 0.29) is 5.78 Å². The first-order chi connectivity index (χ1) is 7.75. The van der Waals surface area contributed by atoms with E-state index >= 15 is 0 Å². The van der Waals surface area contributed by atoms with E-state index in [2.05, 4.69) is 17.1 Å². The number of rotatable bonds is 4. The molecule has 3 nitrogen and oxygen atoms in total. The number of ketones is 1. The number of carbonyl (C=O) groups excluding carboxylic acids is 1. The van der Waals surface area contributed by atoms with Crippen LogP contribution in [0.25, 0.3) is 0 Å². The molecule has 1 atom stereocenters. The molecule has 1 aliphatic heterocycles. The van der Waals surface area contributed by atoms with Crippen molar-refractivity contribution < 1.29 is 4.79 Å². The van der Waals surface area contributed by atoms with Crippen molar-refractivity contribution in [1.29, 1.82) is 0 Å². The molecule has 0 amide bonds. The summed E-state index contributed by atoms with van der Waals surface area (Å²) in [6.45, 7) is 5.72. The number of piperidine rings is 1. The molecule has 2 aliphatic rings. The Balaban J connectivity index is 1.72. The van der Waals surface area contributed by atoms with Gasteiger partial charge in [0.15, 0.2) is 5.78 Å². The topological polar surface area (TPSA) is 32.3 Å². The Bertz CT molecular complexity index is 280. The highest BCUT2D eigenvalue weighted by atomic mass is 16.1. The van der Waals surface area contributed by atoms with Crippen LogP contribution < -0.4 is 5.32 Å². The second kappa shape index (κ2) is 5.48. The first kappa shape index (κ1) is 11.6. The van der Waals surface area contributed by atoms with E-state index in [0.717, 1.165) is 18.7 Å².